The molecular formula is C15H16ClN3. The molecule has 1 atom stereocenters. The van der Waals surface area contributed by atoms with Crippen LogP contribution in [0.1, 0.15) is 11.1 Å². The molecule has 1 aromatic carbocycles. The molecule has 1 aromatic heterocycles. The summed E-state index contributed by atoms with van der Waals surface area (Å²) in [7, 11) is 0. The van der Waals surface area contributed by atoms with Crippen LogP contribution in [0.3, 0.4) is 0 Å². The van der Waals surface area contributed by atoms with Crippen LogP contribution in [0.15, 0.2) is 42.7 Å². The summed E-state index contributed by atoms with van der Waals surface area (Å²) in [6.07, 6.45) is 4.42. The van der Waals surface area contributed by atoms with Crippen molar-refractivity contribution in [2.75, 3.05) is 11.4 Å². The number of fused-ring (bicyclic) bond motifs is 1. The average Bonchev–Trinajstić information content (AvgIpc) is 2.46. The molecule has 0 radical (unpaired) electrons. The van der Waals surface area contributed by atoms with E-state index >= 15 is 0 Å². The van der Waals surface area contributed by atoms with Crippen molar-refractivity contribution < 1.29 is 0 Å². The predicted molar refractivity (Wildman–Crippen MR) is 78.4 cm³/mol. The van der Waals surface area contributed by atoms with Crippen LogP contribution in [0.2, 0.25) is 5.02 Å². The fourth-order valence-electron chi connectivity index (χ4n) is 2.68. The normalized spacial score (nSPS) is 18.2. The van der Waals surface area contributed by atoms with E-state index in [0.717, 1.165) is 18.7 Å². The van der Waals surface area contributed by atoms with E-state index in [4.69, 9.17) is 17.3 Å². The highest BCUT2D eigenvalue weighted by Crippen LogP contribution is 2.32. The van der Waals surface area contributed by atoms with Crippen molar-refractivity contribution in [3.63, 3.8) is 0 Å². The highest BCUT2D eigenvalue weighted by molar-refractivity contribution is 6.33. The Hall–Kier alpha value is -1.58. The minimum absolute atomic E-state index is 0.287. The summed E-state index contributed by atoms with van der Waals surface area (Å²) in [4.78, 5) is 6.33. The van der Waals surface area contributed by atoms with Crippen LogP contribution in [0.25, 0.3) is 0 Å². The molecule has 4 heteroatoms. The van der Waals surface area contributed by atoms with Crippen LogP contribution in [0.5, 0.6) is 0 Å². The third kappa shape index (κ3) is 2.31. The summed E-state index contributed by atoms with van der Waals surface area (Å²) >= 11 is 6.26. The molecule has 2 aromatic rings. The third-order valence-corrected chi connectivity index (χ3v) is 3.98. The summed E-state index contributed by atoms with van der Waals surface area (Å²) < 4.78 is 0. The average molecular weight is 274 g/mol. The molecule has 0 bridgehead atoms. The Bertz CT molecular complexity index is 585. The van der Waals surface area contributed by atoms with Crippen LogP contribution in [-0.2, 0) is 13.0 Å². The number of benzene rings is 1. The Morgan fingerprint density at radius 2 is 2.05 bits per heavy atom. The number of halogens is 1. The first-order valence-corrected chi connectivity index (χ1v) is 6.80. The molecule has 1 aliphatic heterocycles. The molecule has 1 aliphatic rings. The van der Waals surface area contributed by atoms with Gasteiger partial charge in [-0.3, -0.25) is 4.98 Å². The molecular weight excluding hydrogens is 258 g/mol. The second-order valence-corrected chi connectivity index (χ2v) is 5.22. The highest BCUT2D eigenvalue weighted by Gasteiger charge is 2.26. The zero-order chi connectivity index (χ0) is 13.2. The van der Waals surface area contributed by atoms with E-state index in [1.54, 1.807) is 12.4 Å². The molecule has 0 spiro atoms. The van der Waals surface area contributed by atoms with Gasteiger partial charge in [0, 0.05) is 31.5 Å². The van der Waals surface area contributed by atoms with Crippen LogP contribution in [-0.4, -0.2) is 17.6 Å². The summed E-state index contributed by atoms with van der Waals surface area (Å²) in [6.45, 7) is 1.47. The van der Waals surface area contributed by atoms with Gasteiger partial charge in [0.15, 0.2) is 0 Å². The third-order valence-electron chi connectivity index (χ3n) is 3.69. The van der Waals surface area contributed by atoms with Crippen LogP contribution >= 0.6 is 11.6 Å². The molecule has 98 valence electrons. The van der Waals surface area contributed by atoms with Crippen molar-refractivity contribution in [2.45, 2.75) is 19.0 Å². The van der Waals surface area contributed by atoms with Gasteiger partial charge in [-0.25, -0.2) is 0 Å². The molecule has 3 nitrogen and oxygen atoms in total. The van der Waals surface area contributed by atoms with Gasteiger partial charge in [-0.1, -0.05) is 35.9 Å². The zero-order valence-corrected chi connectivity index (χ0v) is 11.3. The first-order chi connectivity index (χ1) is 9.29. The van der Waals surface area contributed by atoms with Gasteiger partial charge in [0.25, 0.3) is 0 Å². The molecule has 0 amide bonds. The van der Waals surface area contributed by atoms with E-state index in [9.17, 15) is 0 Å². The minimum atomic E-state index is 0.287. The van der Waals surface area contributed by atoms with Gasteiger partial charge in [0.1, 0.15) is 0 Å². The van der Waals surface area contributed by atoms with Gasteiger partial charge in [0.05, 0.1) is 10.7 Å². The number of aromatic nitrogens is 1. The number of hydrogen-bond acceptors (Lipinski definition) is 3. The van der Waals surface area contributed by atoms with E-state index in [-0.39, 0.29) is 6.04 Å². The highest BCUT2D eigenvalue weighted by atomic mass is 35.5. The van der Waals surface area contributed by atoms with Crippen molar-refractivity contribution in [1.29, 1.82) is 0 Å². The van der Waals surface area contributed by atoms with Crippen molar-refractivity contribution in [1.82, 2.24) is 4.98 Å². The smallest absolute Gasteiger partial charge is 0.0822 e. The number of anilines is 1. The molecule has 0 saturated heterocycles. The molecule has 2 heterocycles. The van der Waals surface area contributed by atoms with Crippen LogP contribution < -0.4 is 10.6 Å². The first-order valence-electron chi connectivity index (χ1n) is 6.42. The molecule has 2 N–H and O–H groups in total. The first kappa shape index (κ1) is 12.5. The Balaban J connectivity index is 2.00. The monoisotopic (exact) mass is 273 g/mol. The van der Waals surface area contributed by atoms with E-state index < -0.39 is 0 Å². The maximum absolute atomic E-state index is 6.26. The van der Waals surface area contributed by atoms with Crippen molar-refractivity contribution >= 4 is 17.3 Å². The second kappa shape index (κ2) is 5.19. The minimum Gasteiger partial charge on any atom is -0.361 e. The SMILES string of the molecule is NCC1Cc2ccccc2CN1c1ccncc1Cl. The summed E-state index contributed by atoms with van der Waals surface area (Å²) in [5, 5.41) is 0.681. The van der Waals surface area contributed by atoms with Crippen molar-refractivity contribution in [2.24, 2.45) is 5.73 Å². The van der Waals surface area contributed by atoms with E-state index in [1.165, 1.54) is 11.1 Å². The van der Waals surface area contributed by atoms with Gasteiger partial charge in [-0.05, 0) is 23.6 Å². The Kier molecular flexibility index (Phi) is 3.40. The summed E-state index contributed by atoms with van der Waals surface area (Å²) in [5.74, 6) is 0. The number of nitrogens with zero attached hydrogens (tertiary/aromatic N) is 2. The van der Waals surface area contributed by atoms with Crippen molar-refractivity contribution in [3.8, 4) is 0 Å². The molecule has 19 heavy (non-hydrogen) atoms. The lowest BCUT2D eigenvalue weighted by Crippen LogP contribution is -2.45. The van der Waals surface area contributed by atoms with Gasteiger partial charge >= 0.3 is 0 Å². The van der Waals surface area contributed by atoms with Gasteiger partial charge in [-0.2, -0.15) is 0 Å². The fourth-order valence-corrected chi connectivity index (χ4v) is 2.91. The Labute approximate surface area is 118 Å². The van der Waals surface area contributed by atoms with Crippen LogP contribution in [0.4, 0.5) is 5.69 Å². The molecule has 0 fully saturated rings. The fraction of sp³-hybridized carbons (Fsp3) is 0.267. The summed E-state index contributed by atoms with van der Waals surface area (Å²) in [5.41, 5.74) is 9.69. The number of pyridine rings is 1. The lowest BCUT2D eigenvalue weighted by molar-refractivity contribution is 0.561. The lowest BCUT2D eigenvalue weighted by atomic mass is 9.93. The number of nitrogens with two attached hydrogens (primary N) is 1. The Morgan fingerprint density at radius 1 is 1.26 bits per heavy atom. The zero-order valence-electron chi connectivity index (χ0n) is 10.6. The lowest BCUT2D eigenvalue weighted by Gasteiger charge is -2.38. The predicted octanol–water partition coefficient (Wildman–Crippen LogP) is 2.63. The molecule has 0 saturated carbocycles. The maximum Gasteiger partial charge on any atom is 0.0822 e. The second-order valence-electron chi connectivity index (χ2n) is 4.82. The molecule has 1 unspecified atom stereocenters. The van der Waals surface area contributed by atoms with Crippen molar-refractivity contribution in [3.05, 3.63) is 58.9 Å². The Morgan fingerprint density at radius 3 is 2.79 bits per heavy atom. The number of hydrogen-bond donors (Lipinski definition) is 1. The van der Waals surface area contributed by atoms with E-state index in [0.29, 0.717) is 11.6 Å². The number of rotatable bonds is 2. The molecule has 3 rings (SSSR count). The van der Waals surface area contributed by atoms with Gasteiger partial charge in [0.2, 0.25) is 0 Å². The quantitative estimate of drug-likeness (QED) is 0.915. The molecule has 0 aliphatic carbocycles. The van der Waals surface area contributed by atoms with Crippen LogP contribution in [0, 0.1) is 0 Å². The summed E-state index contributed by atoms with van der Waals surface area (Å²) in [6, 6.07) is 10.8. The van der Waals surface area contributed by atoms with Gasteiger partial charge in [-0.15, -0.1) is 0 Å². The largest absolute Gasteiger partial charge is 0.361 e. The standard InChI is InChI=1S/C15H16ClN3/c16-14-9-18-6-5-15(14)19-10-12-4-2-1-3-11(12)7-13(19)8-17/h1-6,9,13H,7-8,10,17H2. The van der Waals surface area contributed by atoms with E-state index in [1.807, 2.05) is 6.07 Å². The van der Waals surface area contributed by atoms with Gasteiger partial charge < -0.3 is 10.6 Å². The van der Waals surface area contributed by atoms with E-state index in [2.05, 4.69) is 34.1 Å². The topological polar surface area (TPSA) is 42.1 Å². The maximum atomic E-state index is 6.26.